The second-order valence-corrected chi connectivity index (χ2v) is 9.36. The largest absolute Gasteiger partial charge is 0.505 e. The van der Waals surface area contributed by atoms with Gasteiger partial charge in [-0.3, -0.25) is 0 Å². The second kappa shape index (κ2) is 10.0. The Morgan fingerprint density at radius 1 is 1.13 bits per heavy atom. The van der Waals surface area contributed by atoms with Gasteiger partial charge >= 0.3 is 0 Å². The maximum atomic E-state index is 10.9. The summed E-state index contributed by atoms with van der Waals surface area (Å²) in [5.41, 5.74) is 3.02. The first-order chi connectivity index (χ1) is 14.4. The smallest absolute Gasteiger partial charge is 0.145 e. The first-order valence-electron chi connectivity index (χ1n) is 10.1. The number of allylic oxidation sites excluding steroid dienone is 3. The van der Waals surface area contributed by atoms with Crippen molar-refractivity contribution in [2.24, 2.45) is 4.99 Å². The number of aromatic hydroxyl groups is 1. The van der Waals surface area contributed by atoms with Crippen molar-refractivity contribution in [3.63, 3.8) is 0 Å². The second-order valence-electron chi connectivity index (χ2n) is 8.19. The lowest BCUT2D eigenvalue weighted by Crippen LogP contribution is -2.12. The highest BCUT2D eigenvalue weighted by Crippen LogP contribution is 2.41. The average Bonchev–Trinajstić information content (AvgIpc) is 2.73. The lowest BCUT2D eigenvalue weighted by molar-refractivity contribution is 0.304. The first-order valence-corrected chi connectivity index (χ1v) is 11.1. The third-order valence-corrected chi connectivity index (χ3v) is 5.64. The number of phenols is 1. The van der Waals surface area contributed by atoms with Gasteiger partial charge in [0.25, 0.3) is 0 Å². The molecule has 0 bridgehead atoms. The molecule has 0 amide bonds. The molecule has 158 valence electrons. The van der Waals surface area contributed by atoms with Crippen molar-refractivity contribution in [1.29, 1.82) is 0 Å². The van der Waals surface area contributed by atoms with Crippen molar-refractivity contribution in [3.8, 4) is 11.5 Å². The maximum Gasteiger partial charge on any atom is 0.145 e. The highest BCUT2D eigenvalue weighted by molar-refractivity contribution is 8.03. The number of benzene rings is 2. The van der Waals surface area contributed by atoms with E-state index in [1.54, 1.807) is 17.8 Å². The van der Waals surface area contributed by atoms with Gasteiger partial charge in [0.2, 0.25) is 0 Å². The van der Waals surface area contributed by atoms with E-state index in [1.807, 2.05) is 48.6 Å². The number of aliphatic hydroxyl groups excluding tert-OH is 1. The van der Waals surface area contributed by atoms with E-state index in [4.69, 9.17) is 14.8 Å². The van der Waals surface area contributed by atoms with Gasteiger partial charge in [-0.1, -0.05) is 63.3 Å². The topological polar surface area (TPSA) is 62.0 Å². The van der Waals surface area contributed by atoms with Crippen LogP contribution in [0.25, 0.3) is 0 Å². The zero-order valence-corrected chi connectivity index (χ0v) is 18.6. The number of phenolic OH excluding ortho intramolecular Hbond substituents is 1. The Labute approximate surface area is 183 Å². The van der Waals surface area contributed by atoms with Crippen LogP contribution in [0.1, 0.15) is 38.3 Å². The van der Waals surface area contributed by atoms with Crippen LogP contribution >= 0.6 is 11.8 Å². The summed E-state index contributed by atoms with van der Waals surface area (Å²) in [6.07, 6.45) is 6.80. The number of rotatable bonds is 7. The minimum atomic E-state index is -0.254. The fourth-order valence-electron chi connectivity index (χ4n) is 3.13. The highest BCUT2D eigenvalue weighted by Gasteiger charge is 2.22. The fourth-order valence-corrected chi connectivity index (χ4v) is 3.87. The van der Waals surface area contributed by atoms with Gasteiger partial charge in [-0.2, -0.15) is 0 Å². The van der Waals surface area contributed by atoms with E-state index < -0.39 is 0 Å². The Balaban J connectivity index is 1.92. The first kappa shape index (κ1) is 22.2. The highest BCUT2D eigenvalue weighted by atomic mass is 32.2. The Kier molecular flexibility index (Phi) is 7.40. The van der Waals surface area contributed by atoms with Crippen LogP contribution in [0.4, 0.5) is 5.69 Å². The number of nitrogens with zero attached hydrogens (tertiary/aromatic N) is 1. The molecule has 0 saturated heterocycles. The number of ether oxygens (including phenoxy) is 1. The molecule has 0 spiro atoms. The van der Waals surface area contributed by atoms with E-state index in [0.717, 1.165) is 21.7 Å². The van der Waals surface area contributed by atoms with Gasteiger partial charge in [0.1, 0.15) is 23.8 Å². The third kappa shape index (κ3) is 6.00. The zero-order valence-electron chi connectivity index (χ0n) is 17.8. The molecule has 0 unspecified atom stereocenters. The normalized spacial score (nSPS) is 15.3. The summed E-state index contributed by atoms with van der Waals surface area (Å²) in [5, 5.41) is 20.0. The molecule has 2 N–H and O–H groups in total. The molecule has 2 aromatic carbocycles. The summed E-state index contributed by atoms with van der Waals surface area (Å²) in [6, 6.07) is 13.7. The monoisotopic (exact) mass is 423 g/mol. The Morgan fingerprint density at radius 2 is 1.90 bits per heavy atom. The van der Waals surface area contributed by atoms with E-state index in [9.17, 15) is 5.11 Å². The number of thioether (sulfide) groups is 1. The molecule has 0 aliphatic heterocycles. The molecule has 2 aromatic rings. The average molecular weight is 424 g/mol. The molecule has 1 aliphatic carbocycles. The minimum Gasteiger partial charge on any atom is -0.505 e. The number of hydrogen-bond donors (Lipinski definition) is 2. The quantitative estimate of drug-likeness (QED) is 0.581. The lowest BCUT2D eigenvalue weighted by Gasteiger charge is -2.22. The van der Waals surface area contributed by atoms with Crippen LogP contribution in [0.2, 0.25) is 0 Å². The van der Waals surface area contributed by atoms with Crippen LogP contribution in [0, 0.1) is 0 Å². The molecule has 1 aliphatic rings. The van der Waals surface area contributed by atoms with Crippen molar-refractivity contribution in [2.45, 2.75) is 39.2 Å². The van der Waals surface area contributed by atoms with Crippen molar-refractivity contribution >= 4 is 23.2 Å². The lowest BCUT2D eigenvalue weighted by atomic mass is 9.85. The molecule has 5 heteroatoms. The molecule has 0 radical (unpaired) electrons. The predicted octanol–water partition coefficient (Wildman–Crippen LogP) is 5.91. The Hall–Kier alpha value is -2.50. The van der Waals surface area contributed by atoms with Gasteiger partial charge in [0.05, 0.1) is 6.61 Å². The van der Waals surface area contributed by atoms with Gasteiger partial charge in [-0.05, 0) is 23.1 Å². The Bertz CT molecular complexity index is 956. The summed E-state index contributed by atoms with van der Waals surface area (Å²) in [7, 11) is 0. The van der Waals surface area contributed by atoms with Crippen LogP contribution in [0.5, 0.6) is 11.5 Å². The van der Waals surface area contributed by atoms with Crippen LogP contribution < -0.4 is 4.74 Å². The van der Waals surface area contributed by atoms with Crippen LogP contribution in [0.3, 0.4) is 0 Å². The van der Waals surface area contributed by atoms with E-state index >= 15 is 0 Å². The molecule has 0 saturated carbocycles. The molecule has 0 atom stereocenters. The van der Waals surface area contributed by atoms with Gasteiger partial charge in [0.15, 0.2) is 0 Å². The van der Waals surface area contributed by atoms with Crippen LogP contribution in [-0.4, -0.2) is 28.3 Å². The van der Waals surface area contributed by atoms with Crippen molar-refractivity contribution in [2.75, 3.05) is 12.4 Å². The van der Waals surface area contributed by atoms with Crippen LogP contribution in [0.15, 0.2) is 70.6 Å². The van der Waals surface area contributed by atoms with Gasteiger partial charge in [-0.25, -0.2) is 4.99 Å². The van der Waals surface area contributed by atoms with Crippen LogP contribution in [-0.2, 0) is 12.0 Å². The van der Waals surface area contributed by atoms with E-state index in [-0.39, 0.29) is 17.8 Å². The van der Waals surface area contributed by atoms with E-state index in [1.165, 1.54) is 0 Å². The molecular formula is C25H29NO3S. The minimum absolute atomic E-state index is 0.138. The van der Waals surface area contributed by atoms with E-state index in [0.29, 0.717) is 30.2 Å². The number of aliphatic hydroxyl groups is 1. The number of hydrogen-bond acceptors (Lipinski definition) is 5. The van der Waals surface area contributed by atoms with Gasteiger partial charge in [-0.15, -0.1) is 11.8 Å². The molecule has 4 nitrogen and oxygen atoms in total. The van der Waals surface area contributed by atoms with Gasteiger partial charge in [0, 0.05) is 34.4 Å². The van der Waals surface area contributed by atoms with Crippen molar-refractivity contribution in [3.05, 3.63) is 76.7 Å². The molecule has 3 rings (SSSR count). The molecule has 0 fully saturated rings. The van der Waals surface area contributed by atoms with Gasteiger partial charge < -0.3 is 14.9 Å². The summed E-state index contributed by atoms with van der Waals surface area (Å²) >= 11 is 1.59. The van der Waals surface area contributed by atoms with Crippen molar-refractivity contribution in [1.82, 2.24) is 0 Å². The van der Waals surface area contributed by atoms with Crippen molar-refractivity contribution < 1.29 is 14.9 Å². The maximum absolute atomic E-state index is 10.9. The summed E-state index contributed by atoms with van der Waals surface area (Å²) in [4.78, 5) is 5.81. The molecular weight excluding hydrogens is 394 g/mol. The molecule has 0 heterocycles. The molecule has 30 heavy (non-hydrogen) atoms. The fraction of sp³-hybridized carbons (Fsp3) is 0.320. The summed E-state index contributed by atoms with van der Waals surface area (Å²) < 4.78 is 6.05. The number of aliphatic imine (C=N–C) groups is 1. The summed E-state index contributed by atoms with van der Waals surface area (Å²) in [5.74, 6) is 1.52. The summed E-state index contributed by atoms with van der Waals surface area (Å²) in [6.45, 7) is 6.78. The molecule has 0 aromatic heterocycles. The van der Waals surface area contributed by atoms with E-state index in [2.05, 4.69) is 26.8 Å². The Morgan fingerprint density at radius 3 is 2.60 bits per heavy atom. The predicted molar refractivity (Wildman–Crippen MR) is 126 cm³/mol. The standard InChI is InChI=1S/C25H29NO3S/c1-25(2,3)22-15-20(29-17-18-8-5-4-6-9-18)16-23(24(22)28)26-19-10-7-11-21(14-19)30-13-12-27/h4-9,11,14-16,27-28H,10,12-13,17H2,1-3H3. The zero-order chi connectivity index (χ0) is 21.6. The SMILES string of the molecule is CC(C)(C)c1cc(OCc2ccccc2)cc(N=C2C=C(SCCO)C=CC2)c1O. The third-order valence-electron chi connectivity index (χ3n) is 4.66.